The molecule has 0 aliphatic carbocycles. The second-order valence-electron chi connectivity index (χ2n) is 6.85. The standard InChI is InChI=1S/C23H20N4O2S/c1-14-7-6-10-18(15(14)2)25-22(29)24-17-11-12-20-19(13-17)26-23(30-20)27-21(28)16-8-4-3-5-9-16/h3-13H,1-2H3,(H2,24,25,29)(H,26,27,28). The quantitative estimate of drug-likeness (QED) is 0.393. The number of anilines is 3. The van der Waals surface area contributed by atoms with Crippen LogP contribution in [0.3, 0.4) is 0 Å². The highest BCUT2D eigenvalue weighted by Gasteiger charge is 2.11. The average molecular weight is 417 g/mol. The van der Waals surface area contributed by atoms with E-state index < -0.39 is 0 Å². The third kappa shape index (κ3) is 4.31. The second kappa shape index (κ2) is 8.34. The summed E-state index contributed by atoms with van der Waals surface area (Å²) in [4.78, 5) is 29.2. The van der Waals surface area contributed by atoms with E-state index in [0.29, 0.717) is 21.9 Å². The van der Waals surface area contributed by atoms with Crippen molar-refractivity contribution in [2.24, 2.45) is 0 Å². The van der Waals surface area contributed by atoms with Crippen LogP contribution in [0.25, 0.3) is 10.2 Å². The molecular formula is C23H20N4O2S. The molecule has 0 saturated carbocycles. The van der Waals surface area contributed by atoms with Gasteiger partial charge in [0, 0.05) is 16.9 Å². The second-order valence-corrected chi connectivity index (χ2v) is 7.88. The fourth-order valence-electron chi connectivity index (χ4n) is 2.99. The number of nitrogens with one attached hydrogen (secondary N) is 3. The SMILES string of the molecule is Cc1cccc(NC(=O)Nc2ccc3sc(NC(=O)c4ccccc4)nc3c2)c1C. The first-order chi connectivity index (χ1) is 14.5. The minimum absolute atomic E-state index is 0.207. The van der Waals surface area contributed by atoms with Gasteiger partial charge in [-0.3, -0.25) is 10.1 Å². The number of benzene rings is 3. The number of amides is 3. The largest absolute Gasteiger partial charge is 0.323 e. The number of nitrogens with zero attached hydrogens (tertiary/aromatic N) is 1. The van der Waals surface area contributed by atoms with Gasteiger partial charge < -0.3 is 10.6 Å². The summed E-state index contributed by atoms with van der Waals surface area (Å²) >= 11 is 1.38. The van der Waals surface area contributed by atoms with Gasteiger partial charge in [0.05, 0.1) is 10.2 Å². The maximum atomic E-state index is 12.4. The van der Waals surface area contributed by atoms with Crippen LogP contribution in [0.2, 0.25) is 0 Å². The Kier molecular flexibility index (Phi) is 5.45. The number of carbonyl (C=O) groups excluding carboxylic acids is 2. The third-order valence-electron chi connectivity index (χ3n) is 4.75. The number of hydrogen-bond acceptors (Lipinski definition) is 4. The summed E-state index contributed by atoms with van der Waals surface area (Å²) in [5.74, 6) is -0.207. The lowest BCUT2D eigenvalue weighted by molar-refractivity contribution is 0.102. The van der Waals surface area contributed by atoms with E-state index in [4.69, 9.17) is 0 Å². The molecule has 0 radical (unpaired) electrons. The Balaban J connectivity index is 1.46. The molecule has 0 aliphatic heterocycles. The van der Waals surface area contributed by atoms with Crippen LogP contribution in [0.4, 0.5) is 21.3 Å². The van der Waals surface area contributed by atoms with Crippen LogP contribution in [-0.4, -0.2) is 16.9 Å². The number of hydrogen-bond donors (Lipinski definition) is 3. The third-order valence-corrected chi connectivity index (χ3v) is 5.71. The highest BCUT2D eigenvalue weighted by molar-refractivity contribution is 7.22. The Labute approximate surface area is 178 Å². The van der Waals surface area contributed by atoms with Crippen molar-refractivity contribution in [3.63, 3.8) is 0 Å². The molecule has 0 unspecified atom stereocenters. The van der Waals surface area contributed by atoms with Crippen LogP contribution in [0.5, 0.6) is 0 Å². The molecule has 3 aromatic carbocycles. The molecular weight excluding hydrogens is 396 g/mol. The predicted molar refractivity (Wildman–Crippen MR) is 123 cm³/mol. The Morgan fingerprint density at radius 2 is 1.67 bits per heavy atom. The summed E-state index contributed by atoms with van der Waals surface area (Å²) < 4.78 is 0.916. The number of thiazole rings is 1. The van der Waals surface area contributed by atoms with Crippen LogP contribution in [0, 0.1) is 13.8 Å². The molecule has 3 amide bonds. The summed E-state index contributed by atoms with van der Waals surface area (Å²) in [5, 5.41) is 9.04. The van der Waals surface area contributed by atoms with Crippen LogP contribution >= 0.6 is 11.3 Å². The molecule has 1 aromatic heterocycles. The number of aromatic nitrogens is 1. The maximum absolute atomic E-state index is 12.4. The number of rotatable bonds is 4. The van der Waals surface area contributed by atoms with E-state index in [-0.39, 0.29) is 11.9 Å². The van der Waals surface area contributed by atoms with E-state index in [0.717, 1.165) is 21.5 Å². The molecule has 0 bridgehead atoms. The molecule has 0 aliphatic rings. The summed E-state index contributed by atoms with van der Waals surface area (Å²) in [5.41, 5.74) is 4.81. The van der Waals surface area contributed by atoms with Crippen LogP contribution in [0.15, 0.2) is 66.7 Å². The van der Waals surface area contributed by atoms with Crippen LogP contribution < -0.4 is 16.0 Å². The summed E-state index contributed by atoms with van der Waals surface area (Å²) in [7, 11) is 0. The summed E-state index contributed by atoms with van der Waals surface area (Å²) in [6, 6.07) is 19.9. The van der Waals surface area contributed by atoms with Gasteiger partial charge in [0.15, 0.2) is 5.13 Å². The van der Waals surface area contributed by atoms with Crippen molar-refractivity contribution in [3.05, 3.63) is 83.4 Å². The fraction of sp³-hybridized carbons (Fsp3) is 0.0870. The molecule has 0 fully saturated rings. The van der Waals surface area contributed by atoms with E-state index in [9.17, 15) is 9.59 Å². The number of carbonyl (C=O) groups is 2. The normalized spacial score (nSPS) is 10.6. The molecule has 4 aromatic rings. The molecule has 7 heteroatoms. The Bertz CT molecular complexity index is 1230. The molecule has 4 rings (SSSR count). The fourth-order valence-corrected chi connectivity index (χ4v) is 3.83. The van der Waals surface area contributed by atoms with Crippen molar-refractivity contribution in [2.75, 3.05) is 16.0 Å². The van der Waals surface area contributed by atoms with Crippen molar-refractivity contribution in [1.29, 1.82) is 0 Å². The van der Waals surface area contributed by atoms with Gasteiger partial charge in [-0.05, 0) is 61.4 Å². The highest BCUT2D eigenvalue weighted by atomic mass is 32.1. The van der Waals surface area contributed by atoms with Crippen LogP contribution in [-0.2, 0) is 0 Å². The van der Waals surface area contributed by atoms with Gasteiger partial charge in [-0.1, -0.05) is 41.7 Å². The molecule has 30 heavy (non-hydrogen) atoms. The van der Waals surface area contributed by atoms with E-state index in [2.05, 4.69) is 20.9 Å². The number of fused-ring (bicyclic) bond motifs is 1. The number of aryl methyl sites for hydroxylation is 1. The molecule has 0 spiro atoms. The minimum Gasteiger partial charge on any atom is -0.308 e. The summed E-state index contributed by atoms with van der Waals surface area (Å²) in [6.07, 6.45) is 0. The zero-order chi connectivity index (χ0) is 21.1. The van der Waals surface area contributed by atoms with Crippen molar-refractivity contribution in [2.45, 2.75) is 13.8 Å². The molecule has 3 N–H and O–H groups in total. The van der Waals surface area contributed by atoms with Crippen molar-refractivity contribution in [3.8, 4) is 0 Å². The van der Waals surface area contributed by atoms with Crippen molar-refractivity contribution in [1.82, 2.24) is 4.98 Å². The van der Waals surface area contributed by atoms with Gasteiger partial charge >= 0.3 is 6.03 Å². The first-order valence-electron chi connectivity index (χ1n) is 9.41. The summed E-state index contributed by atoms with van der Waals surface area (Å²) in [6.45, 7) is 3.97. The first kappa shape index (κ1) is 19.6. The van der Waals surface area contributed by atoms with Gasteiger partial charge in [-0.25, -0.2) is 9.78 Å². The van der Waals surface area contributed by atoms with Crippen molar-refractivity contribution < 1.29 is 9.59 Å². The monoisotopic (exact) mass is 416 g/mol. The molecule has 0 saturated heterocycles. The average Bonchev–Trinajstić information content (AvgIpc) is 3.13. The van der Waals surface area contributed by atoms with Crippen molar-refractivity contribution >= 4 is 50.0 Å². The topological polar surface area (TPSA) is 83.1 Å². The van der Waals surface area contributed by atoms with E-state index in [1.54, 1.807) is 18.2 Å². The zero-order valence-electron chi connectivity index (χ0n) is 16.5. The molecule has 1 heterocycles. The van der Waals surface area contributed by atoms with Gasteiger partial charge in [-0.15, -0.1) is 0 Å². The molecule has 6 nitrogen and oxygen atoms in total. The van der Waals surface area contributed by atoms with Gasteiger partial charge in [-0.2, -0.15) is 0 Å². The van der Waals surface area contributed by atoms with E-state index >= 15 is 0 Å². The van der Waals surface area contributed by atoms with E-state index in [1.165, 1.54) is 11.3 Å². The van der Waals surface area contributed by atoms with Crippen LogP contribution in [0.1, 0.15) is 21.5 Å². The van der Waals surface area contributed by atoms with Gasteiger partial charge in [0.2, 0.25) is 0 Å². The van der Waals surface area contributed by atoms with E-state index in [1.807, 2.05) is 62.4 Å². The Hall–Kier alpha value is -3.71. The maximum Gasteiger partial charge on any atom is 0.323 e. The van der Waals surface area contributed by atoms with Gasteiger partial charge in [0.1, 0.15) is 0 Å². The lowest BCUT2D eigenvalue weighted by Gasteiger charge is -2.11. The smallest absolute Gasteiger partial charge is 0.308 e. The highest BCUT2D eigenvalue weighted by Crippen LogP contribution is 2.28. The Morgan fingerprint density at radius 1 is 0.867 bits per heavy atom. The Morgan fingerprint density at radius 3 is 2.47 bits per heavy atom. The zero-order valence-corrected chi connectivity index (χ0v) is 17.3. The minimum atomic E-state index is -0.323. The first-order valence-corrected chi connectivity index (χ1v) is 10.2. The molecule has 0 atom stereocenters. The molecule has 150 valence electrons. The predicted octanol–water partition coefficient (Wildman–Crippen LogP) is 5.81. The lowest BCUT2D eigenvalue weighted by atomic mass is 10.1. The van der Waals surface area contributed by atoms with Gasteiger partial charge in [0.25, 0.3) is 5.91 Å². The number of urea groups is 1. The lowest BCUT2D eigenvalue weighted by Crippen LogP contribution is -2.20.